The summed E-state index contributed by atoms with van der Waals surface area (Å²) in [5.74, 6) is -0.369. The molecule has 0 fully saturated rings. The molecule has 0 atom stereocenters. The van der Waals surface area contributed by atoms with E-state index in [1.807, 2.05) is 0 Å². The molecule has 0 aliphatic heterocycles. The van der Waals surface area contributed by atoms with Crippen LogP contribution in [0.25, 0.3) is 0 Å². The van der Waals surface area contributed by atoms with Crippen LogP contribution in [-0.4, -0.2) is 18.5 Å². The highest BCUT2D eigenvalue weighted by Crippen LogP contribution is 2.17. The molecule has 0 aliphatic rings. The van der Waals surface area contributed by atoms with Gasteiger partial charge in [0, 0.05) is 25.2 Å². The van der Waals surface area contributed by atoms with Gasteiger partial charge < -0.3 is 15.4 Å². The standard InChI is InChI=1S/C17H17FN2O3/c1-12(21)23-16-7-3-6-15(11-16)20-17(22)19-9-8-13-4-2-5-14(18)10-13/h2-7,10-11H,8-9H2,1H3,(H2,19,20,22). The van der Waals surface area contributed by atoms with Gasteiger partial charge in [-0.3, -0.25) is 4.79 Å². The Hall–Kier alpha value is -2.89. The summed E-state index contributed by atoms with van der Waals surface area (Å²) in [6.07, 6.45) is 0.526. The molecule has 0 saturated heterocycles. The molecule has 0 saturated carbocycles. The third-order valence-corrected chi connectivity index (χ3v) is 2.94. The molecule has 6 heteroatoms. The van der Waals surface area contributed by atoms with Gasteiger partial charge >= 0.3 is 12.0 Å². The minimum atomic E-state index is -0.429. The van der Waals surface area contributed by atoms with Crippen molar-refractivity contribution >= 4 is 17.7 Å². The molecule has 2 N–H and O–H groups in total. The van der Waals surface area contributed by atoms with Crippen LogP contribution in [0.4, 0.5) is 14.9 Å². The Labute approximate surface area is 133 Å². The number of carbonyl (C=O) groups excluding carboxylic acids is 2. The molecule has 2 aromatic rings. The highest BCUT2D eigenvalue weighted by Gasteiger charge is 2.04. The van der Waals surface area contributed by atoms with Crippen molar-refractivity contribution in [2.45, 2.75) is 13.3 Å². The second kappa shape index (κ2) is 7.93. The van der Waals surface area contributed by atoms with Crippen LogP contribution in [0.2, 0.25) is 0 Å². The summed E-state index contributed by atoms with van der Waals surface area (Å²) >= 11 is 0. The molecule has 0 radical (unpaired) electrons. The number of esters is 1. The summed E-state index contributed by atoms with van der Waals surface area (Å²) in [4.78, 5) is 22.7. The maximum Gasteiger partial charge on any atom is 0.319 e. The van der Waals surface area contributed by atoms with Crippen molar-refractivity contribution in [3.63, 3.8) is 0 Å². The molecule has 0 aliphatic carbocycles. The number of ether oxygens (including phenoxy) is 1. The number of amides is 2. The Morgan fingerprint density at radius 3 is 2.65 bits per heavy atom. The maximum atomic E-state index is 13.0. The second-order valence-electron chi connectivity index (χ2n) is 4.88. The third kappa shape index (κ3) is 5.78. The molecule has 0 heterocycles. The van der Waals surface area contributed by atoms with Crippen LogP contribution in [0.5, 0.6) is 5.75 Å². The molecule has 2 rings (SSSR count). The molecule has 23 heavy (non-hydrogen) atoms. The monoisotopic (exact) mass is 316 g/mol. The van der Waals surface area contributed by atoms with Crippen molar-refractivity contribution in [3.8, 4) is 5.75 Å². The van der Waals surface area contributed by atoms with Crippen LogP contribution in [-0.2, 0) is 11.2 Å². The Balaban J connectivity index is 1.81. The highest BCUT2D eigenvalue weighted by atomic mass is 19.1. The number of rotatable bonds is 5. The number of nitrogens with one attached hydrogen (secondary N) is 2. The number of carbonyl (C=O) groups is 2. The predicted molar refractivity (Wildman–Crippen MR) is 84.9 cm³/mol. The first-order valence-electron chi connectivity index (χ1n) is 7.11. The number of hydrogen-bond donors (Lipinski definition) is 2. The highest BCUT2D eigenvalue weighted by molar-refractivity contribution is 5.89. The zero-order chi connectivity index (χ0) is 16.7. The van der Waals surface area contributed by atoms with Gasteiger partial charge in [-0.25, -0.2) is 9.18 Å². The Bertz CT molecular complexity index is 704. The van der Waals surface area contributed by atoms with Gasteiger partial charge in [0.05, 0.1) is 0 Å². The van der Waals surface area contributed by atoms with Gasteiger partial charge in [0.1, 0.15) is 11.6 Å². The van der Waals surface area contributed by atoms with Gasteiger partial charge in [-0.15, -0.1) is 0 Å². The van der Waals surface area contributed by atoms with E-state index in [1.165, 1.54) is 19.1 Å². The predicted octanol–water partition coefficient (Wildman–Crippen LogP) is 3.12. The fourth-order valence-corrected chi connectivity index (χ4v) is 1.99. The van der Waals surface area contributed by atoms with Gasteiger partial charge in [-0.1, -0.05) is 18.2 Å². The lowest BCUT2D eigenvalue weighted by Gasteiger charge is -2.09. The SMILES string of the molecule is CC(=O)Oc1cccc(NC(=O)NCCc2cccc(F)c2)c1. The Morgan fingerprint density at radius 1 is 1.13 bits per heavy atom. The van der Waals surface area contributed by atoms with Gasteiger partial charge in [-0.2, -0.15) is 0 Å². The van der Waals surface area contributed by atoms with Gasteiger partial charge in [0.15, 0.2) is 0 Å². The van der Waals surface area contributed by atoms with Crippen LogP contribution < -0.4 is 15.4 Å². The zero-order valence-electron chi connectivity index (χ0n) is 12.6. The number of urea groups is 1. The summed E-state index contributed by atoms with van der Waals surface area (Å²) < 4.78 is 18.0. The number of anilines is 1. The molecular weight excluding hydrogens is 299 g/mol. The van der Waals surface area contributed by atoms with Gasteiger partial charge in [0.25, 0.3) is 0 Å². The lowest BCUT2D eigenvalue weighted by atomic mass is 10.1. The van der Waals surface area contributed by atoms with Crippen LogP contribution >= 0.6 is 0 Å². The van der Waals surface area contributed by atoms with E-state index in [4.69, 9.17) is 4.74 Å². The molecule has 2 aromatic carbocycles. The molecule has 0 bridgehead atoms. The molecule has 120 valence electrons. The quantitative estimate of drug-likeness (QED) is 0.658. The summed E-state index contributed by atoms with van der Waals surface area (Å²) in [5, 5.41) is 5.32. The molecule has 0 unspecified atom stereocenters. The average Bonchev–Trinajstić information content (AvgIpc) is 2.47. The minimum absolute atomic E-state index is 0.297. The zero-order valence-corrected chi connectivity index (χ0v) is 12.6. The van der Waals surface area contributed by atoms with Crippen molar-refractivity contribution < 1.29 is 18.7 Å². The average molecular weight is 316 g/mol. The van der Waals surface area contributed by atoms with Gasteiger partial charge in [-0.05, 0) is 36.2 Å². The lowest BCUT2D eigenvalue weighted by Crippen LogP contribution is -2.30. The molecule has 0 aromatic heterocycles. The Morgan fingerprint density at radius 2 is 1.91 bits per heavy atom. The summed E-state index contributed by atoms with van der Waals surface area (Å²) in [6, 6.07) is 12.4. The van der Waals surface area contributed by atoms with E-state index in [0.29, 0.717) is 24.4 Å². The first-order chi connectivity index (χ1) is 11.0. The summed E-state index contributed by atoms with van der Waals surface area (Å²) in [5.41, 5.74) is 1.31. The van der Waals surface area contributed by atoms with Crippen LogP contribution in [0, 0.1) is 5.82 Å². The molecule has 5 nitrogen and oxygen atoms in total. The summed E-state index contributed by atoms with van der Waals surface area (Å²) in [7, 11) is 0. The van der Waals surface area contributed by atoms with E-state index < -0.39 is 5.97 Å². The topological polar surface area (TPSA) is 67.4 Å². The van der Waals surface area contributed by atoms with E-state index in [2.05, 4.69) is 10.6 Å². The lowest BCUT2D eigenvalue weighted by molar-refractivity contribution is -0.131. The molecule has 0 spiro atoms. The molecule has 2 amide bonds. The van der Waals surface area contributed by atoms with Crippen LogP contribution in [0.1, 0.15) is 12.5 Å². The summed E-state index contributed by atoms with van der Waals surface area (Å²) in [6.45, 7) is 1.68. The van der Waals surface area contributed by atoms with Crippen LogP contribution in [0.3, 0.4) is 0 Å². The smallest absolute Gasteiger partial charge is 0.319 e. The van der Waals surface area contributed by atoms with Crippen molar-refractivity contribution in [2.24, 2.45) is 0 Å². The normalized spacial score (nSPS) is 10.0. The maximum absolute atomic E-state index is 13.0. The number of benzene rings is 2. The number of hydrogen-bond acceptors (Lipinski definition) is 3. The van der Waals surface area contributed by atoms with E-state index in [9.17, 15) is 14.0 Å². The fourth-order valence-electron chi connectivity index (χ4n) is 1.99. The first-order valence-corrected chi connectivity index (χ1v) is 7.11. The van der Waals surface area contributed by atoms with Gasteiger partial charge in [0.2, 0.25) is 0 Å². The van der Waals surface area contributed by atoms with E-state index in [0.717, 1.165) is 5.56 Å². The molecular formula is C17H17FN2O3. The van der Waals surface area contributed by atoms with Crippen molar-refractivity contribution in [3.05, 3.63) is 59.9 Å². The van der Waals surface area contributed by atoms with Crippen LogP contribution in [0.15, 0.2) is 48.5 Å². The second-order valence-corrected chi connectivity index (χ2v) is 4.88. The first kappa shape index (κ1) is 16.5. The Kier molecular flexibility index (Phi) is 5.68. The minimum Gasteiger partial charge on any atom is -0.427 e. The number of halogens is 1. The van der Waals surface area contributed by atoms with E-state index >= 15 is 0 Å². The third-order valence-electron chi connectivity index (χ3n) is 2.94. The van der Waals surface area contributed by atoms with E-state index in [1.54, 1.807) is 36.4 Å². The van der Waals surface area contributed by atoms with Crippen molar-refractivity contribution in [2.75, 3.05) is 11.9 Å². The van der Waals surface area contributed by atoms with Crippen molar-refractivity contribution in [1.82, 2.24) is 5.32 Å². The largest absolute Gasteiger partial charge is 0.427 e. The van der Waals surface area contributed by atoms with Crippen molar-refractivity contribution in [1.29, 1.82) is 0 Å². The van der Waals surface area contributed by atoms with E-state index in [-0.39, 0.29) is 11.8 Å². The fraction of sp³-hybridized carbons (Fsp3) is 0.176.